The van der Waals surface area contributed by atoms with E-state index in [1.54, 1.807) is 0 Å². The van der Waals surface area contributed by atoms with Gasteiger partial charge in [0.1, 0.15) is 0 Å². The molecule has 0 atom stereocenters. The normalized spacial score (nSPS) is 10.4. The molecule has 0 aliphatic rings. The highest BCUT2D eigenvalue weighted by Crippen LogP contribution is 2.14. The van der Waals surface area contributed by atoms with Crippen molar-refractivity contribution in [1.29, 1.82) is 0 Å². The molecule has 0 radical (unpaired) electrons. The summed E-state index contributed by atoms with van der Waals surface area (Å²) in [5.74, 6) is -2.61. The molecular weight excluding hydrogens is 238 g/mol. The highest BCUT2D eigenvalue weighted by Gasteiger charge is 2.20. The molecule has 1 aromatic rings. The number of nitrogens with two attached hydrogens (primary N) is 1. The molecule has 2 N–H and O–H groups in total. The van der Waals surface area contributed by atoms with Gasteiger partial charge in [0.05, 0.1) is 5.56 Å². The molecule has 3 nitrogen and oxygen atoms in total. The predicted octanol–water partition coefficient (Wildman–Crippen LogP) is 2.17. The highest BCUT2D eigenvalue weighted by molar-refractivity contribution is 5.94. The Morgan fingerprint density at radius 3 is 2.67 bits per heavy atom. The van der Waals surface area contributed by atoms with Crippen LogP contribution in [0.1, 0.15) is 30.1 Å². The molecule has 0 bridgehead atoms. The van der Waals surface area contributed by atoms with E-state index in [9.17, 15) is 13.6 Å². The maximum Gasteiger partial charge on any atom is 0.256 e. The average molecular weight is 256 g/mol. The van der Waals surface area contributed by atoms with Gasteiger partial charge in [-0.2, -0.15) is 0 Å². The van der Waals surface area contributed by atoms with Crippen LogP contribution in [0, 0.1) is 11.6 Å². The second-order valence-electron chi connectivity index (χ2n) is 4.04. The van der Waals surface area contributed by atoms with Gasteiger partial charge in [-0.25, -0.2) is 8.78 Å². The molecule has 0 fully saturated rings. The van der Waals surface area contributed by atoms with Gasteiger partial charge < -0.3 is 10.6 Å². The van der Waals surface area contributed by atoms with Crippen LogP contribution in [0.4, 0.5) is 8.78 Å². The van der Waals surface area contributed by atoms with Crippen LogP contribution in [0.3, 0.4) is 0 Å². The van der Waals surface area contributed by atoms with Crippen LogP contribution in [0.2, 0.25) is 0 Å². The Balaban J connectivity index is 2.90. The highest BCUT2D eigenvalue weighted by atomic mass is 19.2. The minimum atomic E-state index is -1.10. The fourth-order valence-electron chi connectivity index (χ4n) is 1.66. The Hall–Kier alpha value is -1.49. The van der Waals surface area contributed by atoms with E-state index >= 15 is 0 Å². The molecule has 0 saturated heterocycles. The summed E-state index contributed by atoms with van der Waals surface area (Å²) < 4.78 is 26.6. The van der Waals surface area contributed by atoms with Gasteiger partial charge in [-0.05, 0) is 18.6 Å². The maximum absolute atomic E-state index is 13.5. The van der Waals surface area contributed by atoms with Crippen LogP contribution in [0.15, 0.2) is 18.2 Å². The molecule has 0 unspecified atom stereocenters. The number of benzene rings is 1. The quantitative estimate of drug-likeness (QED) is 0.847. The molecule has 0 aliphatic heterocycles. The lowest BCUT2D eigenvalue weighted by atomic mass is 10.1. The molecule has 18 heavy (non-hydrogen) atoms. The fraction of sp³-hybridized carbons (Fsp3) is 0.462. The first-order chi connectivity index (χ1) is 8.61. The number of hydrogen-bond donors (Lipinski definition) is 1. The third-order valence-electron chi connectivity index (χ3n) is 2.65. The van der Waals surface area contributed by atoms with E-state index < -0.39 is 17.5 Å². The van der Waals surface area contributed by atoms with Crippen molar-refractivity contribution >= 4 is 5.91 Å². The Bertz CT molecular complexity index is 410. The first-order valence-corrected chi connectivity index (χ1v) is 6.05. The topological polar surface area (TPSA) is 46.3 Å². The molecular formula is C13H18F2N2O. The lowest BCUT2D eigenvalue weighted by molar-refractivity contribution is 0.0752. The zero-order chi connectivity index (χ0) is 13.5. The standard InChI is InChI=1S/C13H18F2N2O/c1-2-3-8-17(9-7-16)13(18)10-5-4-6-11(14)12(10)15/h4-6H,2-3,7-9,16H2,1H3. The van der Waals surface area contributed by atoms with Gasteiger partial charge in [0, 0.05) is 19.6 Å². The number of halogens is 2. The van der Waals surface area contributed by atoms with Gasteiger partial charge in [0.15, 0.2) is 11.6 Å². The van der Waals surface area contributed by atoms with E-state index in [4.69, 9.17) is 5.73 Å². The number of hydrogen-bond acceptors (Lipinski definition) is 2. The molecule has 1 aromatic carbocycles. The lowest BCUT2D eigenvalue weighted by Crippen LogP contribution is -2.36. The minimum absolute atomic E-state index is 0.237. The van der Waals surface area contributed by atoms with Gasteiger partial charge in [-0.1, -0.05) is 19.4 Å². The Kier molecular flexibility index (Phi) is 5.71. The fourth-order valence-corrected chi connectivity index (χ4v) is 1.66. The van der Waals surface area contributed by atoms with E-state index in [2.05, 4.69) is 0 Å². The van der Waals surface area contributed by atoms with Gasteiger partial charge in [0.2, 0.25) is 0 Å². The summed E-state index contributed by atoms with van der Waals surface area (Å²) >= 11 is 0. The van der Waals surface area contributed by atoms with Gasteiger partial charge in [-0.15, -0.1) is 0 Å². The van der Waals surface area contributed by atoms with Gasteiger partial charge in [-0.3, -0.25) is 4.79 Å². The second-order valence-corrected chi connectivity index (χ2v) is 4.04. The minimum Gasteiger partial charge on any atom is -0.337 e. The average Bonchev–Trinajstić information content (AvgIpc) is 2.37. The van der Waals surface area contributed by atoms with Gasteiger partial charge >= 0.3 is 0 Å². The van der Waals surface area contributed by atoms with E-state index in [0.29, 0.717) is 19.6 Å². The number of rotatable bonds is 6. The summed E-state index contributed by atoms with van der Waals surface area (Å²) in [4.78, 5) is 13.5. The molecule has 0 spiro atoms. The molecule has 0 heterocycles. The zero-order valence-electron chi connectivity index (χ0n) is 10.5. The van der Waals surface area contributed by atoms with Crippen LogP contribution < -0.4 is 5.73 Å². The van der Waals surface area contributed by atoms with Crippen LogP contribution >= 0.6 is 0 Å². The predicted molar refractivity (Wildman–Crippen MR) is 66.2 cm³/mol. The molecule has 0 aliphatic carbocycles. The summed E-state index contributed by atoms with van der Waals surface area (Å²) in [6.45, 7) is 3.14. The van der Waals surface area contributed by atoms with Crippen molar-refractivity contribution in [2.45, 2.75) is 19.8 Å². The van der Waals surface area contributed by atoms with Crippen molar-refractivity contribution in [1.82, 2.24) is 4.90 Å². The maximum atomic E-state index is 13.5. The molecule has 5 heteroatoms. The van der Waals surface area contributed by atoms with Crippen LogP contribution in [0.25, 0.3) is 0 Å². The van der Waals surface area contributed by atoms with Crippen molar-refractivity contribution in [3.05, 3.63) is 35.4 Å². The second kappa shape index (κ2) is 7.06. The van der Waals surface area contributed by atoms with Crippen LogP contribution in [0.5, 0.6) is 0 Å². The third-order valence-corrected chi connectivity index (χ3v) is 2.65. The summed E-state index contributed by atoms with van der Waals surface area (Å²) in [5.41, 5.74) is 5.19. The smallest absolute Gasteiger partial charge is 0.256 e. The molecule has 1 amide bonds. The lowest BCUT2D eigenvalue weighted by Gasteiger charge is -2.22. The third kappa shape index (κ3) is 3.50. The van der Waals surface area contributed by atoms with Crippen molar-refractivity contribution in [2.75, 3.05) is 19.6 Å². The van der Waals surface area contributed by atoms with Crippen LogP contribution in [-0.2, 0) is 0 Å². The largest absolute Gasteiger partial charge is 0.337 e. The molecule has 0 aromatic heterocycles. The zero-order valence-corrected chi connectivity index (χ0v) is 10.5. The first kappa shape index (κ1) is 14.6. The van der Waals surface area contributed by atoms with E-state index in [0.717, 1.165) is 18.9 Å². The van der Waals surface area contributed by atoms with Crippen molar-refractivity contribution in [3.8, 4) is 0 Å². The number of unbranched alkanes of at least 4 members (excludes halogenated alkanes) is 1. The molecule has 100 valence electrons. The van der Waals surface area contributed by atoms with Crippen molar-refractivity contribution in [3.63, 3.8) is 0 Å². The van der Waals surface area contributed by atoms with Crippen LogP contribution in [-0.4, -0.2) is 30.4 Å². The molecule has 1 rings (SSSR count). The van der Waals surface area contributed by atoms with Gasteiger partial charge in [0.25, 0.3) is 5.91 Å². The molecule has 0 saturated carbocycles. The SMILES string of the molecule is CCCCN(CCN)C(=O)c1cccc(F)c1F. The summed E-state index contributed by atoms with van der Waals surface area (Å²) in [5, 5.41) is 0. The number of carbonyl (C=O) groups is 1. The summed E-state index contributed by atoms with van der Waals surface area (Å²) in [7, 11) is 0. The van der Waals surface area contributed by atoms with E-state index in [1.807, 2.05) is 6.92 Å². The Labute approximate surface area is 106 Å². The number of nitrogens with zero attached hydrogens (tertiary/aromatic N) is 1. The Morgan fingerprint density at radius 2 is 2.06 bits per heavy atom. The van der Waals surface area contributed by atoms with E-state index in [1.165, 1.54) is 17.0 Å². The van der Waals surface area contributed by atoms with Crippen molar-refractivity contribution in [2.24, 2.45) is 5.73 Å². The Morgan fingerprint density at radius 1 is 1.33 bits per heavy atom. The number of amides is 1. The van der Waals surface area contributed by atoms with E-state index in [-0.39, 0.29) is 5.56 Å². The first-order valence-electron chi connectivity index (χ1n) is 6.05. The number of carbonyl (C=O) groups excluding carboxylic acids is 1. The summed E-state index contributed by atoms with van der Waals surface area (Å²) in [6.07, 6.45) is 1.72. The monoisotopic (exact) mass is 256 g/mol. The van der Waals surface area contributed by atoms with Crippen molar-refractivity contribution < 1.29 is 13.6 Å². The summed E-state index contributed by atoms with van der Waals surface area (Å²) in [6, 6.07) is 3.60.